The zero-order valence-corrected chi connectivity index (χ0v) is 10.4. The number of nitrogens with zero attached hydrogens (tertiary/aromatic N) is 1. The highest BCUT2D eigenvalue weighted by molar-refractivity contribution is 6.25. The first kappa shape index (κ1) is 13.0. The molecule has 0 bridgehead atoms. The zero-order valence-electron chi connectivity index (χ0n) is 9.62. The average Bonchev–Trinajstić information content (AvgIpc) is 2.41. The fourth-order valence-electron chi connectivity index (χ4n) is 1.66. The van der Waals surface area contributed by atoms with Crippen molar-refractivity contribution in [2.24, 2.45) is 0 Å². The van der Waals surface area contributed by atoms with Crippen molar-refractivity contribution in [3.8, 4) is 0 Å². The molecule has 1 rings (SSSR count). The minimum atomic E-state index is -0.391. The Morgan fingerprint density at radius 1 is 1.62 bits per heavy atom. The fraction of sp³-hybridized carbons (Fsp3) is 0.636. The van der Waals surface area contributed by atoms with E-state index >= 15 is 0 Å². The van der Waals surface area contributed by atoms with Gasteiger partial charge in [-0.2, -0.15) is 0 Å². The van der Waals surface area contributed by atoms with Gasteiger partial charge in [-0.05, 0) is 18.9 Å². The molecule has 16 heavy (non-hydrogen) atoms. The van der Waals surface area contributed by atoms with Gasteiger partial charge in [-0.15, -0.1) is 0 Å². The summed E-state index contributed by atoms with van der Waals surface area (Å²) in [6, 6.07) is -0.391. The molecule has 90 valence electrons. The van der Waals surface area contributed by atoms with Crippen LogP contribution in [0.1, 0.15) is 26.7 Å². The smallest absolute Gasteiger partial charge is 0.245 e. The number of amides is 2. The summed E-state index contributed by atoms with van der Waals surface area (Å²) in [6.07, 6.45) is 0.975. The van der Waals surface area contributed by atoms with E-state index in [1.54, 1.807) is 4.90 Å². The Morgan fingerprint density at radius 3 is 2.88 bits per heavy atom. The maximum atomic E-state index is 12.0. The summed E-state index contributed by atoms with van der Waals surface area (Å²) in [5, 5.41) is 2.72. The molecule has 0 spiro atoms. The van der Waals surface area contributed by atoms with Crippen molar-refractivity contribution in [1.29, 1.82) is 0 Å². The molecule has 1 heterocycles. The third kappa shape index (κ3) is 3.23. The summed E-state index contributed by atoms with van der Waals surface area (Å²) in [7, 11) is 0. The Hall–Kier alpha value is -1.03. The van der Waals surface area contributed by atoms with Crippen molar-refractivity contribution in [2.75, 3.05) is 13.1 Å². The van der Waals surface area contributed by atoms with Crippen molar-refractivity contribution >= 4 is 23.4 Å². The lowest BCUT2D eigenvalue weighted by atomic mass is 10.2. The van der Waals surface area contributed by atoms with E-state index in [4.69, 9.17) is 11.6 Å². The van der Waals surface area contributed by atoms with Crippen LogP contribution in [-0.2, 0) is 9.59 Å². The van der Waals surface area contributed by atoms with Crippen LogP contribution in [0.5, 0.6) is 0 Å². The van der Waals surface area contributed by atoms with Gasteiger partial charge < -0.3 is 10.2 Å². The Kier molecular flexibility index (Phi) is 4.80. The molecule has 0 aromatic heterocycles. The first-order valence-electron chi connectivity index (χ1n) is 5.42. The van der Waals surface area contributed by atoms with E-state index in [1.807, 2.05) is 13.8 Å². The summed E-state index contributed by atoms with van der Waals surface area (Å²) < 4.78 is 0. The number of carbonyl (C=O) groups excluding carboxylic acids is 2. The van der Waals surface area contributed by atoms with E-state index in [-0.39, 0.29) is 11.8 Å². The fourth-order valence-corrected chi connectivity index (χ4v) is 1.73. The Bertz CT molecular complexity index is 315. The van der Waals surface area contributed by atoms with Crippen molar-refractivity contribution in [1.82, 2.24) is 10.2 Å². The molecular weight excluding hydrogens is 228 g/mol. The van der Waals surface area contributed by atoms with E-state index in [1.165, 1.54) is 5.54 Å². The summed E-state index contributed by atoms with van der Waals surface area (Å²) in [6.45, 7) is 4.70. The van der Waals surface area contributed by atoms with Gasteiger partial charge in [0.05, 0.1) is 0 Å². The zero-order chi connectivity index (χ0) is 12.1. The molecule has 0 aromatic rings. The minimum absolute atomic E-state index is 0.0220. The second kappa shape index (κ2) is 5.89. The molecule has 1 aliphatic heterocycles. The number of rotatable bonds is 3. The van der Waals surface area contributed by atoms with Crippen LogP contribution in [-0.4, -0.2) is 35.8 Å². The maximum Gasteiger partial charge on any atom is 0.245 e. The van der Waals surface area contributed by atoms with E-state index in [0.717, 1.165) is 5.57 Å². The van der Waals surface area contributed by atoms with Gasteiger partial charge in [0, 0.05) is 25.0 Å². The molecule has 0 radical (unpaired) electrons. The van der Waals surface area contributed by atoms with Crippen molar-refractivity contribution in [2.45, 2.75) is 32.7 Å². The van der Waals surface area contributed by atoms with E-state index in [9.17, 15) is 9.59 Å². The Labute approximate surface area is 101 Å². The van der Waals surface area contributed by atoms with E-state index in [0.29, 0.717) is 25.9 Å². The lowest BCUT2D eigenvalue weighted by Gasteiger charge is -2.23. The number of hydrogen-bond donors (Lipinski definition) is 1. The van der Waals surface area contributed by atoms with Gasteiger partial charge in [0.15, 0.2) is 0 Å². The van der Waals surface area contributed by atoms with Crippen LogP contribution >= 0.6 is 11.6 Å². The van der Waals surface area contributed by atoms with Crippen molar-refractivity contribution < 1.29 is 9.59 Å². The van der Waals surface area contributed by atoms with Crippen LogP contribution in [0.4, 0.5) is 0 Å². The van der Waals surface area contributed by atoms with Crippen LogP contribution in [0.15, 0.2) is 11.1 Å². The van der Waals surface area contributed by atoms with Crippen LogP contribution in [0.2, 0.25) is 0 Å². The summed E-state index contributed by atoms with van der Waals surface area (Å²) >= 11 is 5.58. The molecule has 0 aliphatic carbocycles. The van der Waals surface area contributed by atoms with Crippen LogP contribution < -0.4 is 5.32 Å². The molecule has 1 aliphatic rings. The third-order valence-electron chi connectivity index (χ3n) is 2.59. The first-order chi connectivity index (χ1) is 7.58. The standard InChI is InChI=1S/C11H17ClN2O2/c1-3-9-11(16)14(7-8(2)6-12)5-4-10(15)13-9/h6,9H,3-5,7H2,1-2H3,(H,13,15). The molecule has 0 saturated carbocycles. The molecule has 1 fully saturated rings. The van der Waals surface area contributed by atoms with Gasteiger partial charge in [-0.3, -0.25) is 9.59 Å². The summed E-state index contributed by atoms with van der Waals surface area (Å²) in [4.78, 5) is 25.1. The second-order valence-corrected chi connectivity index (χ2v) is 4.21. The van der Waals surface area contributed by atoms with Gasteiger partial charge in [0.1, 0.15) is 6.04 Å². The molecule has 1 atom stereocenters. The van der Waals surface area contributed by atoms with Gasteiger partial charge in [-0.1, -0.05) is 18.5 Å². The second-order valence-electron chi connectivity index (χ2n) is 3.99. The molecule has 1 N–H and O–H groups in total. The Balaban J connectivity index is 2.76. The molecule has 2 amide bonds. The highest BCUT2D eigenvalue weighted by Gasteiger charge is 2.28. The van der Waals surface area contributed by atoms with Crippen LogP contribution in [0, 0.1) is 0 Å². The van der Waals surface area contributed by atoms with Gasteiger partial charge in [0.25, 0.3) is 0 Å². The summed E-state index contributed by atoms with van der Waals surface area (Å²) in [5.41, 5.74) is 2.38. The molecule has 1 saturated heterocycles. The lowest BCUT2D eigenvalue weighted by Crippen LogP contribution is -2.44. The largest absolute Gasteiger partial charge is 0.344 e. The number of nitrogens with one attached hydrogen (secondary N) is 1. The number of hydrogen-bond acceptors (Lipinski definition) is 2. The van der Waals surface area contributed by atoms with Gasteiger partial charge in [-0.25, -0.2) is 0 Å². The summed E-state index contributed by atoms with van der Waals surface area (Å²) in [5.74, 6) is -0.0820. The average molecular weight is 245 g/mol. The maximum absolute atomic E-state index is 12.0. The molecule has 5 heteroatoms. The number of halogens is 1. The minimum Gasteiger partial charge on any atom is -0.344 e. The Morgan fingerprint density at radius 2 is 2.31 bits per heavy atom. The monoisotopic (exact) mass is 244 g/mol. The molecular formula is C11H17ClN2O2. The molecule has 4 nitrogen and oxygen atoms in total. The predicted octanol–water partition coefficient (Wildman–Crippen LogP) is 1.26. The quantitative estimate of drug-likeness (QED) is 0.813. The lowest BCUT2D eigenvalue weighted by molar-refractivity contribution is -0.133. The van der Waals surface area contributed by atoms with Crippen LogP contribution in [0.25, 0.3) is 0 Å². The van der Waals surface area contributed by atoms with Gasteiger partial charge in [0.2, 0.25) is 11.8 Å². The SMILES string of the molecule is CCC1NC(=O)CCN(CC(C)=CCl)C1=O. The van der Waals surface area contributed by atoms with Gasteiger partial charge >= 0.3 is 0 Å². The normalized spacial score (nSPS) is 23.1. The molecule has 0 aromatic carbocycles. The highest BCUT2D eigenvalue weighted by atomic mass is 35.5. The third-order valence-corrected chi connectivity index (χ3v) is 2.96. The van der Waals surface area contributed by atoms with Crippen molar-refractivity contribution in [3.63, 3.8) is 0 Å². The van der Waals surface area contributed by atoms with Crippen LogP contribution in [0.3, 0.4) is 0 Å². The topological polar surface area (TPSA) is 49.4 Å². The van der Waals surface area contributed by atoms with E-state index in [2.05, 4.69) is 5.32 Å². The number of carbonyl (C=O) groups is 2. The predicted molar refractivity (Wildman–Crippen MR) is 63.0 cm³/mol. The van der Waals surface area contributed by atoms with Crippen molar-refractivity contribution in [3.05, 3.63) is 11.1 Å². The van der Waals surface area contributed by atoms with E-state index < -0.39 is 6.04 Å². The first-order valence-corrected chi connectivity index (χ1v) is 5.86. The molecule has 1 unspecified atom stereocenters. The highest BCUT2D eigenvalue weighted by Crippen LogP contribution is 2.09.